The van der Waals surface area contributed by atoms with Crippen LogP contribution in [0, 0.1) is 6.92 Å². The molecule has 1 fully saturated rings. The highest BCUT2D eigenvalue weighted by Crippen LogP contribution is 2.42. The van der Waals surface area contributed by atoms with Gasteiger partial charge < -0.3 is 9.64 Å². The Bertz CT molecular complexity index is 732. The zero-order chi connectivity index (χ0) is 15.8. The number of carbonyl (C=O) groups excluding carboxylic acids is 1. The van der Waals surface area contributed by atoms with Crippen LogP contribution in [0.15, 0.2) is 36.5 Å². The summed E-state index contributed by atoms with van der Waals surface area (Å²) in [5, 5.41) is 0. The van der Waals surface area contributed by atoms with E-state index in [1.807, 2.05) is 48.4 Å². The van der Waals surface area contributed by atoms with Crippen LogP contribution in [0.2, 0.25) is 0 Å². The summed E-state index contributed by atoms with van der Waals surface area (Å²) in [6.07, 6.45) is 4.73. The number of fused-ring (bicyclic) bond motifs is 4. The van der Waals surface area contributed by atoms with E-state index in [1.54, 1.807) is 0 Å². The molecule has 118 valence electrons. The first-order valence-corrected chi connectivity index (χ1v) is 8.04. The standard InChI is InChI=1S/C18H19N3O2/c1-12-19-10-15-16(20-12)9-13-7-8-17(15)21(13)18(22)11-23-14-5-3-2-4-6-14/h2-6,10,13,17H,7-9,11H2,1H3/t13-,17+/m0/s1. The SMILES string of the molecule is Cc1ncc2c(n1)C[C@@H]1CC[C@H]2N1C(=O)COc1ccccc1. The Hall–Kier alpha value is -2.43. The summed E-state index contributed by atoms with van der Waals surface area (Å²) in [7, 11) is 0. The third-order valence-corrected chi connectivity index (χ3v) is 4.70. The molecule has 2 aliphatic heterocycles. The number of ether oxygens (including phenoxy) is 1. The summed E-state index contributed by atoms with van der Waals surface area (Å²) < 4.78 is 5.63. The van der Waals surface area contributed by atoms with Gasteiger partial charge in [-0.1, -0.05) is 18.2 Å². The predicted octanol–water partition coefficient (Wildman–Crippen LogP) is 2.45. The average molecular weight is 309 g/mol. The van der Waals surface area contributed by atoms with Crippen LogP contribution in [-0.4, -0.2) is 33.4 Å². The minimum Gasteiger partial charge on any atom is -0.484 e. The molecule has 0 aliphatic carbocycles. The lowest BCUT2D eigenvalue weighted by Gasteiger charge is -2.35. The fourth-order valence-corrected chi connectivity index (χ4v) is 3.69. The van der Waals surface area contributed by atoms with E-state index in [0.29, 0.717) is 0 Å². The molecule has 5 nitrogen and oxygen atoms in total. The summed E-state index contributed by atoms with van der Waals surface area (Å²) in [6.45, 7) is 1.99. The van der Waals surface area contributed by atoms with E-state index in [2.05, 4.69) is 9.97 Å². The van der Waals surface area contributed by atoms with Crippen molar-refractivity contribution in [3.8, 4) is 5.75 Å². The molecule has 4 rings (SSSR count). The largest absolute Gasteiger partial charge is 0.484 e. The van der Waals surface area contributed by atoms with Crippen molar-refractivity contribution in [2.45, 2.75) is 38.3 Å². The lowest BCUT2D eigenvalue weighted by atomic mass is 9.99. The number of hydrogen-bond donors (Lipinski definition) is 0. The molecule has 0 radical (unpaired) electrons. The minimum atomic E-state index is 0.0487. The molecule has 1 saturated heterocycles. The van der Waals surface area contributed by atoms with Gasteiger partial charge in [0.2, 0.25) is 0 Å². The summed E-state index contributed by atoms with van der Waals surface area (Å²) >= 11 is 0. The first kappa shape index (κ1) is 14.2. The van der Waals surface area contributed by atoms with Gasteiger partial charge in [0.05, 0.1) is 11.7 Å². The molecule has 2 aromatic rings. The fraction of sp³-hybridized carbons (Fsp3) is 0.389. The number of benzene rings is 1. The molecule has 3 heterocycles. The monoisotopic (exact) mass is 309 g/mol. The maximum atomic E-state index is 12.7. The van der Waals surface area contributed by atoms with Crippen molar-refractivity contribution in [3.63, 3.8) is 0 Å². The van der Waals surface area contributed by atoms with Gasteiger partial charge in [-0.05, 0) is 31.9 Å². The topological polar surface area (TPSA) is 55.3 Å². The van der Waals surface area contributed by atoms with Gasteiger partial charge in [-0.15, -0.1) is 0 Å². The Labute approximate surface area is 135 Å². The molecule has 0 unspecified atom stereocenters. The summed E-state index contributed by atoms with van der Waals surface area (Å²) in [4.78, 5) is 23.5. The highest BCUT2D eigenvalue weighted by Gasteiger charge is 2.43. The highest BCUT2D eigenvalue weighted by atomic mass is 16.5. The fourth-order valence-electron chi connectivity index (χ4n) is 3.69. The van der Waals surface area contributed by atoms with Crippen LogP contribution in [-0.2, 0) is 11.2 Å². The van der Waals surface area contributed by atoms with E-state index in [1.165, 1.54) is 0 Å². The van der Waals surface area contributed by atoms with E-state index in [9.17, 15) is 4.79 Å². The average Bonchev–Trinajstić information content (AvgIpc) is 2.89. The molecule has 0 saturated carbocycles. The Morgan fingerprint density at radius 1 is 1.30 bits per heavy atom. The van der Waals surface area contributed by atoms with Crippen LogP contribution >= 0.6 is 0 Å². The summed E-state index contributed by atoms with van der Waals surface area (Å²) in [6, 6.07) is 9.82. The van der Waals surface area contributed by atoms with E-state index >= 15 is 0 Å². The first-order valence-electron chi connectivity index (χ1n) is 8.04. The van der Waals surface area contributed by atoms with Gasteiger partial charge in [-0.2, -0.15) is 0 Å². The lowest BCUT2D eigenvalue weighted by Crippen LogP contribution is -2.44. The molecule has 0 spiro atoms. The van der Waals surface area contributed by atoms with Gasteiger partial charge in [0, 0.05) is 24.2 Å². The third kappa shape index (κ3) is 2.56. The first-order chi connectivity index (χ1) is 11.2. The van der Waals surface area contributed by atoms with Crippen molar-refractivity contribution in [2.24, 2.45) is 0 Å². The molecular formula is C18H19N3O2. The van der Waals surface area contributed by atoms with E-state index in [4.69, 9.17) is 4.74 Å². The second-order valence-corrected chi connectivity index (χ2v) is 6.17. The molecule has 1 amide bonds. The Morgan fingerprint density at radius 3 is 2.96 bits per heavy atom. The van der Waals surface area contributed by atoms with Crippen LogP contribution in [0.3, 0.4) is 0 Å². The van der Waals surface area contributed by atoms with Gasteiger partial charge in [0.25, 0.3) is 5.91 Å². The van der Waals surface area contributed by atoms with Crippen LogP contribution in [0.5, 0.6) is 5.75 Å². The van der Waals surface area contributed by atoms with Crippen LogP contribution in [0.4, 0.5) is 0 Å². The van der Waals surface area contributed by atoms with E-state index < -0.39 is 0 Å². The van der Waals surface area contributed by atoms with Crippen molar-refractivity contribution >= 4 is 5.91 Å². The van der Waals surface area contributed by atoms with Crippen molar-refractivity contribution in [3.05, 3.63) is 53.6 Å². The molecule has 23 heavy (non-hydrogen) atoms. The van der Waals surface area contributed by atoms with Crippen molar-refractivity contribution in [2.75, 3.05) is 6.61 Å². The van der Waals surface area contributed by atoms with Gasteiger partial charge >= 0.3 is 0 Å². The van der Waals surface area contributed by atoms with E-state index in [0.717, 1.165) is 42.1 Å². The number of aryl methyl sites for hydroxylation is 1. The molecule has 1 aromatic carbocycles. The molecule has 0 N–H and O–H groups in total. The number of amides is 1. The highest BCUT2D eigenvalue weighted by molar-refractivity contribution is 5.79. The maximum Gasteiger partial charge on any atom is 0.261 e. The summed E-state index contributed by atoms with van der Waals surface area (Å²) in [5.41, 5.74) is 2.22. The van der Waals surface area contributed by atoms with Crippen LogP contribution < -0.4 is 4.74 Å². The van der Waals surface area contributed by atoms with Crippen molar-refractivity contribution < 1.29 is 9.53 Å². The Balaban J connectivity index is 1.51. The lowest BCUT2D eigenvalue weighted by molar-refractivity contribution is -0.137. The van der Waals surface area contributed by atoms with Gasteiger partial charge in [-0.3, -0.25) is 4.79 Å². The molecule has 1 aromatic heterocycles. The quantitative estimate of drug-likeness (QED) is 0.874. The molecule has 2 atom stereocenters. The zero-order valence-electron chi connectivity index (χ0n) is 13.1. The number of aromatic nitrogens is 2. The van der Waals surface area contributed by atoms with Crippen LogP contribution in [0.25, 0.3) is 0 Å². The van der Waals surface area contributed by atoms with Gasteiger partial charge in [-0.25, -0.2) is 9.97 Å². The molecule has 2 bridgehead atoms. The van der Waals surface area contributed by atoms with Gasteiger partial charge in [0.1, 0.15) is 11.6 Å². The molecule has 2 aliphatic rings. The van der Waals surface area contributed by atoms with Gasteiger partial charge in [0.15, 0.2) is 6.61 Å². The smallest absolute Gasteiger partial charge is 0.261 e. The molecular weight excluding hydrogens is 290 g/mol. The number of hydrogen-bond acceptors (Lipinski definition) is 4. The number of nitrogens with zero attached hydrogens (tertiary/aromatic N) is 3. The summed E-state index contributed by atoms with van der Waals surface area (Å²) in [5.74, 6) is 1.58. The third-order valence-electron chi connectivity index (χ3n) is 4.70. The van der Waals surface area contributed by atoms with Crippen LogP contribution in [0.1, 0.15) is 36.0 Å². The predicted molar refractivity (Wildman–Crippen MR) is 85.0 cm³/mol. The second kappa shape index (κ2) is 5.65. The zero-order valence-corrected chi connectivity index (χ0v) is 13.1. The maximum absolute atomic E-state index is 12.7. The number of carbonyl (C=O) groups is 1. The Kier molecular flexibility index (Phi) is 3.48. The second-order valence-electron chi connectivity index (χ2n) is 6.17. The minimum absolute atomic E-state index is 0.0487. The normalized spacial score (nSPS) is 21.9. The Morgan fingerprint density at radius 2 is 2.13 bits per heavy atom. The molecule has 5 heteroatoms. The van der Waals surface area contributed by atoms with Crippen molar-refractivity contribution in [1.82, 2.24) is 14.9 Å². The van der Waals surface area contributed by atoms with E-state index in [-0.39, 0.29) is 24.6 Å². The number of para-hydroxylation sites is 1. The van der Waals surface area contributed by atoms with Crippen molar-refractivity contribution in [1.29, 1.82) is 0 Å². The number of rotatable bonds is 3.